The van der Waals surface area contributed by atoms with Gasteiger partial charge in [0.15, 0.2) is 0 Å². The molecule has 6 rings (SSSR count). The van der Waals surface area contributed by atoms with Gasteiger partial charge in [-0.2, -0.15) is 0 Å². The molecule has 1 amide bonds. The molecule has 0 unspecified atom stereocenters. The van der Waals surface area contributed by atoms with Crippen LogP contribution in [0.1, 0.15) is 39.8 Å². The van der Waals surface area contributed by atoms with Crippen molar-refractivity contribution >= 4 is 29.6 Å². The van der Waals surface area contributed by atoms with Crippen molar-refractivity contribution in [3.63, 3.8) is 0 Å². The molecule has 6 aromatic carbocycles. The van der Waals surface area contributed by atoms with E-state index >= 15 is 0 Å². The van der Waals surface area contributed by atoms with E-state index in [9.17, 15) is 14.4 Å². The largest absolute Gasteiger partial charge is 0.469 e. The maximum Gasteiger partial charge on any atom is 0.328 e. The quantitative estimate of drug-likeness (QED) is 0.0769. The Balaban J connectivity index is 1.55. The highest BCUT2D eigenvalue weighted by Crippen LogP contribution is 2.49. The number of amides is 1. The fraction of sp³-hybridized carbons (Fsp3) is 0.170. The van der Waals surface area contributed by atoms with Gasteiger partial charge in [-0.25, -0.2) is 4.79 Å². The zero-order chi connectivity index (χ0) is 38.5. The molecule has 0 saturated heterocycles. The van der Waals surface area contributed by atoms with Gasteiger partial charge in [0.2, 0.25) is 5.91 Å². The molecule has 0 aliphatic heterocycles. The number of thioether (sulfide) groups is 1. The second kappa shape index (κ2) is 18.4. The molecule has 2 N–H and O–H groups in total. The molecule has 0 aliphatic rings. The number of carbonyl (C=O) groups is 3. The van der Waals surface area contributed by atoms with E-state index < -0.39 is 46.6 Å². The first kappa shape index (κ1) is 38.8. The van der Waals surface area contributed by atoms with Gasteiger partial charge in [0, 0.05) is 5.75 Å². The van der Waals surface area contributed by atoms with Crippen LogP contribution in [0.4, 0.5) is 0 Å². The van der Waals surface area contributed by atoms with Crippen molar-refractivity contribution in [3.05, 3.63) is 215 Å². The van der Waals surface area contributed by atoms with Gasteiger partial charge in [-0.05, 0) is 33.4 Å². The summed E-state index contributed by atoms with van der Waals surface area (Å²) in [6, 6.07) is 58.7. The smallest absolute Gasteiger partial charge is 0.328 e. The van der Waals surface area contributed by atoms with Gasteiger partial charge in [-0.1, -0.05) is 182 Å². The highest BCUT2D eigenvalue weighted by molar-refractivity contribution is 8.00. The van der Waals surface area contributed by atoms with Crippen molar-refractivity contribution in [1.82, 2.24) is 10.6 Å². The SMILES string of the molecule is COC(=O)C[C@H](NC(=O)[C@@H](CSC(c1ccccc1)(c1ccccc1)c1ccccc1)NC(c1ccccc1)(c1ccccc1)c1ccccc1)C(=O)OC. The number of benzene rings is 6. The standard InChI is InChI=1S/C47H44N2O5S/c1-53-43(50)33-41(45(52)54-2)48-44(51)42(49-46(35-21-9-3-10-22-35,36-23-11-4-12-24-36)37-25-13-5-14-26-37)34-55-47(38-27-15-6-16-28-38,39-29-17-7-18-30-39)40-31-19-8-20-32-40/h3-32,41-42,49H,33-34H2,1-2H3,(H,48,51)/t41-,42+/m0/s1. The number of hydrogen-bond donors (Lipinski definition) is 2. The molecule has 0 fully saturated rings. The summed E-state index contributed by atoms with van der Waals surface area (Å²) in [5.41, 5.74) is 4.81. The number of ether oxygens (including phenoxy) is 2. The molecule has 6 aromatic rings. The fourth-order valence-corrected chi connectivity index (χ4v) is 8.65. The monoisotopic (exact) mass is 748 g/mol. The topological polar surface area (TPSA) is 93.7 Å². The Bertz CT molecular complexity index is 1930. The van der Waals surface area contributed by atoms with Crippen LogP contribution in [0, 0.1) is 0 Å². The molecule has 0 heterocycles. The summed E-state index contributed by atoms with van der Waals surface area (Å²) < 4.78 is 9.18. The number of methoxy groups -OCH3 is 2. The maximum atomic E-state index is 15.0. The normalized spacial score (nSPS) is 12.5. The van der Waals surface area contributed by atoms with Crippen LogP contribution in [0.5, 0.6) is 0 Å². The van der Waals surface area contributed by atoms with E-state index in [2.05, 4.69) is 47.0 Å². The molecule has 55 heavy (non-hydrogen) atoms. The summed E-state index contributed by atoms with van der Waals surface area (Å²) in [6.45, 7) is 0. The average Bonchev–Trinajstić information content (AvgIpc) is 3.26. The summed E-state index contributed by atoms with van der Waals surface area (Å²) in [7, 11) is 2.47. The third-order valence-electron chi connectivity index (χ3n) is 9.74. The molecule has 0 bridgehead atoms. The van der Waals surface area contributed by atoms with Crippen molar-refractivity contribution in [2.75, 3.05) is 20.0 Å². The first-order valence-electron chi connectivity index (χ1n) is 18.1. The molecule has 8 heteroatoms. The second-order valence-corrected chi connectivity index (χ2v) is 14.2. The van der Waals surface area contributed by atoms with Crippen LogP contribution in [0.2, 0.25) is 0 Å². The molecule has 2 atom stereocenters. The fourth-order valence-electron chi connectivity index (χ4n) is 7.09. The molecule has 0 aromatic heterocycles. The summed E-state index contributed by atoms with van der Waals surface area (Å²) in [5, 5.41) is 6.75. The Hall–Kier alpha value is -5.96. The van der Waals surface area contributed by atoms with Gasteiger partial charge in [-0.15, -0.1) is 11.8 Å². The van der Waals surface area contributed by atoms with Crippen molar-refractivity contribution in [2.45, 2.75) is 28.8 Å². The van der Waals surface area contributed by atoms with Crippen molar-refractivity contribution < 1.29 is 23.9 Å². The lowest BCUT2D eigenvalue weighted by Crippen LogP contribution is -2.58. The van der Waals surface area contributed by atoms with E-state index in [1.54, 1.807) is 11.8 Å². The van der Waals surface area contributed by atoms with Crippen molar-refractivity contribution in [3.8, 4) is 0 Å². The number of rotatable bonds is 16. The zero-order valence-electron chi connectivity index (χ0n) is 30.8. The van der Waals surface area contributed by atoms with E-state index in [1.165, 1.54) is 14.2 Å². The summed E-state index contributed by atoms with van der Waals surface area (Å²) in [6.07, 6.45) is -0.391. The van der Waals surface area contributed by atoms with Crippen LogP contribution in [0.25, 0.3) is 0 Å². The Morgan fingerprint density at radius 2 is 0.855 bits per heavy atom. The van der Waals surface area contributed by atoms with E-state index in [0.717, 1.165) is 33.4 Å². The van der Waals surface area contributed by atoms with Gasteiger partial charge in [0.1, 0.15) is 6.04 Å². The van der Waals surface area contributed by atoms with E-state index in [4.69, 9.17) is 9.47 Å². The first-order valence-corrected chi connectivity index (χ1v) is 19.1. The number of esters is 2. The number of carbonyl (C=O) groups excluding carboxylic acids is 3. The third kappa shape index (κ3) is 8.56. The summed E-state index contributed by atoms with van der Waals surface area (Å²) in [5.74, 6) is -1.66. The minimum atomic E-state index is -1.28. The van der Waals surface area contributed by atoms with Crippen LogP contribution in [-0.2, 0) is 34.1 Å². The van der Waals surface area contributed by atoms with Crippen LogP contribution >= 0.6 is 11.8 Å². The van der Waals surface area contributed by atoms with Crippen LogP contribution < -0.4 is 10.6 Å². The van der Waals surface area contributed by atoms with E-state index in [0.29, 0.717) is 0 Å². The number of nitrogens with one attached hydrogen (secondary N) is 2. The van der Waals surface area contributed by atoms with E-state index in [-0.39, 0.29) is 5.75 Å². The molecular weight excluding hydrogens is 705 g/mol. The van der Waals surface area contributed by atoms with Crippen LogP contribution in [-0.4, -0.2) is 49.9 Å². The average molecular weight is 749 g/mol. The third-order valence-corrected chi connectivity index (χ3v) is 11.4. The Labute approximate surface area is 327 Å². The predicted octanol–water partition coefficient (Wildman–Crippen LogP) is 7.88. The van der Waals surface area contributed by atoms with Gasteiger partial charge >= 0.3 is 11.9 Å². The summed E-state index contributed by atoms with van der Waals surface area (Å²) >= 11 is 1.62. The Kier molecular flexibility index (Phi) is 13.0. The summed E-state index contributed by atoms with van der Waals surface area (Å²) in [4.78, 5) is 40.6. The Morgan fingerprint density at radius 1 is 0.509 bits per heavy atom. The van der Waals surface area contributed by atoms with Crippen LogP contribution in [0.3, 0.4) is 0 Å². The molecule has 0 spiro atoms. The molecule has 278 valence electrons. The minimum Gasteiger partial charge on any atom is -0.469 e. The molecule has 7 nitrogen and oxygen atoms in total. The Morgan fingerprint density at radius 3 is 1.18 bits per heavy atom. The number of hydrogen-bond acceptors (Lipinski definition) is 7. The highest BCUT2D eigenvalue weighted by atomic mass is 32.2. The second-order valence-electron chi connectivity index (χ2n) is 13.0. The van der Waals surface area contributed by atoms with Crippen molar-refractivity contribution in [2.24, 2.45) is 0 Å². The molecular formula is C47H44N2O5S. The molecule has 0 radical (unpaired) electrons. The predicted molar refractivity (Wildman–Crippen MR) is 218 cm³/mol. The van der Waals surface area contributed by atoms with Crippen molar-refractivity contribution in [1.29, 1.82) is 0 Å². The van der Waals surface area contributed by atoms with Crippen LogP contribution in [0.15, 0.2) is 182 Å². The van der Waals surface area contributed by atoms with Gasteiger partial charge < -0.3 is 14.8 Å². The van der Waals surface area contributed by atoms with E-state index in [1.807, 2.05) is 146 Å². The maximum absolute atomic E-state index is 15.0. The lowest BCUT2D eigenvalue weighted by Gasteiger charge is -2.41. The lowest BCUT2D eigenvalue weighted by atomic mass is 9.76. The first-order chi connectivity index (χ1) is 26.9. The zero-order valence-corrected chi connectivity index (χ0v) is 31.7. The minimum absolute atomic E-state index is 0.227. The van der Waals surface area contributed by atoms with Gasteiger partial charge in [0.25, 0.3) is 0 Å². The molecule has 0 saturated carbocycles. The lowest BCUT2D eigenvalue weighted by molar-refractivity contribution is -0.150. The highest BCUT2D eigenvalue weighted by Gasteiger charge is 2.43. The van der Waals surface area contributed by atoms with Gasteiger partial charge in [-0.3, -0.25) is 14.9 Å². The molecule has 0 aliphatic carbocycles. The van der Waals surface area contributed by atoms with Gasteiger partial charge in [0.05, 0.1) is 37.0 Å².